The summed E-state index contributed by atoms with van der Waals surface area (Å²) in [5.41, 5.74) is 0.748. The highest BCUT2D eigenvalue weighted by Gasteiger charge is 2.22. The van der Waals surface area contributed by atoms with Crippen LogP contribution in [0.25, 0.3) is 0 Å². The fourth-order valence-corrected chi connectivity index (χ4v) is 3.51. The largest absolute Gasteiger partial charge is 0.488 e. The molecule has 1 saturated carbocycles. The van der Waals surface area contributed by atoms with Crippen LogP contribution in [0.5, 0.6) is 5.75 Å². The average molecular weight is 380 g/mol. The third kappa shape index (κ3) is 6.96. The standard InChI is InChI=1S/C22H30F2O3/c1-3-21(25)26-12-6-4-5-7-13-27-22-19(23)14-18(15-20(22)24)17-10-8-16(2)9-11-17/h3,14-17H,1,4-13H2,2H3. The van der Waals surface area contributed by atoms with Crippen molar-refractivity contribution in [3.63, 3.8) is 0 Å². The van der Waals surface area contributed by atoms with Gasteiger partial charge in [-0.25, -0.2) is 13.6 Å². The van der Waals surface area contributed by atoms with Gasteiger partial charge in [-0.1, -0.05) is 26.3 Å². The van der Waals surface area contributed by atoms with Gasteiger partial charge in [-0.2, -0.15) is 0 Å². The Kier molecular flexibility index (Phi) is 8.76. The highest BCUT2D eigenvalue weighted by molar-refractivity contribution is 5.81. The molecule has 27 heavy (non-hydrogen) atoms. The first-order valence-electron chi connectivity index (χ1n) is 9.92. The SMILES string of the molecule is C=CC(=O)OCCCCCCOc1c(F)cc(C2CCC(C)CC2)cc1F. The Labute approximate surface area is 160 Å². The first-order valence-corrected chi connectivity index (χ1v) is 9.92. The van der Waals surface area contributed by atoms with Crippen molar-refractivity contribution in [2.24, 2.45) is 5.92 Å². The molecule has 0 amide bonds. The molecule has 0 saturated heterocycles. The lowest BCUT2D eigenvalue weighted by Gasteiger charge is -2.26. The molecule has 0 spiro atoms. The number of carbonyl (C=O) groups is 1. The fourth-order valence-electron chi connectivity index (χ4n) is 3.51. The number of hydrogen-bond donors (Lipinski definition) is 0. The van der Waals surface area contributed by atoms with E-state index in [4.69, 9.17) is 9.47 Å². The van der Waals surface area contributed by atoms with Gasteiger partial charge in [-0.15, -0.1) is 0 Å². The maximum absolute atomic E-state index is 14.3. The van der Waals surface area contributed by atoms with Gasteiger partial charge >= 0.3 is 5.97 Å². The van der Waals surface area contributed by atoms with Gasteiger partial charge in [-0.05, 0) is 68.1 Å². The van der Waals surface area contributed by atoms with E-state index >= 15 is 0 Å². The zero-order chi connectivity index (χ0) is 19.6. The van der Waals surface area contributed by atoms with Gasteiger partial charge in [0.1, 0.15) is 0 Å². The van der Waals surface area contributed by atoms with Gasteiger partial charge in [0.05, 0.1) is 13.2 Å². The number of benzene rings is 1. The number of esters is 1. The van der Waals surface area contributed by atoms with Crippen LogP contribution < -0.4 is 4.74 Å². The molecule has 5 heteroatoms. The minimum absolute atomic E-state index is 0.245. The van der Waals surface area contributed by atoms with Crippen molar-refractivity contribution in [1.82, 2.24) is 0 Å². The van der Waals surface area contributed by atoms with Gasteiger partial charge in [0.15, 0.2) is 17.4 Å². The summed E-state index contributed by atoms with van der Waals surface area (Å²) in [5, 5.41) is 0. The second-order valence-corrected chi connectivity index (χ2v) is 7.40. The fraction of sp³-hybridized carbons (Fsp3) is 0.591. The summed E-state index contributed by atoms with van der Waals surface area (Å²) in [7, 11) is 0. The van der Waals surface area contributed by atoms with E-state index in [1.807, 2.05) is 0 Å². The van der Waals surface area contributed by atoms with Crippen molar-refractivity contribution in [3.05, 3.63) is 42.0 Å². The van der Waals surface area contributed by atoms with Crippen molar-refractivity contribution >= 4 is 5.97 Å². The van der Waals surface area contributed by atoms with E-state index in [0.29, 0.717) is 18.9 Å². The molecular formula is C22H30F2O3. The van der Waals surface area contributed by atoms with Crippen molar-refractivity contribution < 1.29 is 23.0 Å². The third-order valence-electron chi connectivity index (χ3n) is 5.20. The summed E-state index contributed by atoms with van der Waals surface area (Å²) in [6, 6.07) is 2.88. The first-order chi connectivity index (χ1) is 13.0. The molecule has 150 valence electrons. The number of unbranched alkanes of at least 4 members (excludes halogenated alkanes) is 3. The van der Waals surface area contributed by atoms with Crippen LogP contribution in [-0.4, -0.2) is 19.2 Å². The maximum atomic E-state index is 14.3. The normalized spacial score (nSPS) is 19.5. The highest BCUT2D eigenvalue weighted by Crippen LogP contribution is 2.37. The summed E-state index contributed by atoms with van der Waals surface area (Å²) in [6.07, 6.45) is 8.47. The number of ether oxygens (including phenoxy) is 2. The van der Waals surface area contributed by atoms with Crippen molar-refractivity contribution in [2.45, 2.75) is 64.2 Å². The Bertz CT molecular complexity index is 599. The summed E-state index contributed by atoms with van der Waals surface area (Å²) >= 11 is 0. The maximum Gasteiger partial charge on any atom is 0.330 e. The van der Waals surface area contributed by atoms with E-state index in [9.17, 15) is 13.6 Å². The third-order valence-corrected chi connectivity index (χ3v) is 5.20. The second kappa shape index (κ2) is 11.1. The van der Waals surface area contributed by atoms with E-state index in [1.54, 1.807) is 0 Å². The van der Waals surface area contributed by atoms with Crippen LogP contribution in [0, 0.1) is 17.6 Å². The lowest BCUT2D eigenvalue weighted by atomic mass is 9.79. The van der Waals surface area contributed by atoms with Crippen LogP contribution in [0.2, 0.25) is 0 Å². The number of rotatable bonds is 10. The van der Waals surface area contributed by atoms with Crippen LogP contribution in [0.3, 0.4) is 0 Å². The van der Waals surface area contributed by atoms with Crippen LogP contribution in [-0.2, 0) is 9.53 Å². The first kappa shape index (κ1) is 21.4. The number of hydrogen-bond acceptors (Lipinski definition) is 3. The summed E-state index contributed by atoms with van der Waals surface area (Å²) in [4.78, 5) is 10.9. The van der Waals surface area contributed by atoms with E-state index in [2.05, 4.69) is 13.5 Å². The lowest BCUT2D eigenvalue weighted by molar-refractivity contribution is -0.137. The minimum atomic E-state index is -0.611. The van der Waals surface area contributed by atoms with E-state index in [0.717, 1.165) is 56.6 Å². The molecule has 1 aromatic rings. The van der Waals surface area contributed by atoms with Gasteiger partial charge in [-0.3, -0.25) is 0 Å². The average Bonchev–Trinajstić information content (AvgIpc) is 2.65. The second-order valence-electron chi connectivity index (χ2n) is 7.40. The Balaban J connectivity index is 1.72. The number of halogens is 2. The topological polar surface area (TPSA) is 35.5 Å². The quantitative estimate of drug-likeness (QED) is 0.287. The lowest BCUT2D eigenvalue weighted by Crippen LogP contribution is -2.12. The smallest absolute Gasteiger partial charge is 0.330 e. The van der Waals surface area contributed by atoms with Gasteiger partial charge in [0.25, 0.3) is 0 Å². The molecule has 1 aliphatic rings. The zero-order valence-electron chi connectivity index (χ0n) is 16.1. The van der Waals surface area contributed by atoms with Crippen LogP contribution in [0.1, 0.15) is 69.8 Å². The molecule has 0 aromatic heterocycles. The monoisotopic (exact) mass is 380 g/mol. The van der Waals surface area contributed by atoms with Gasteiger partial charge in [0.2, 0.25) is 0 Å². The van der Waals surface area contributed by atoms with Crippen molar-refractivity contribution in [3.8, 4) is 5.75 Å². The summed E-state index contributed by atoms with van der Waals surface area (Å²) < 4.78 is 38.8. The molecule has 0 unspecified atom stereocenters. The van der Waals surface area contributed by atoms with Crippen molar-refractivity contribution in [2.75, 3.05) is 13.2 Å². The molecule has 2 rings (SSSR count). The molecular weight excluding hydrogens is 350 g/mol. The minimum Gasteiger partial charge on any atom is -0.488 e. The molecule has 0 heterocycles. The van der Waals surface area contributed by atoms with E-state index in [-0.39, 0.29) is 18.3 Å². The highest BCUT2D eigenvalue weighted by atomic mass is 19.1. The molecule has 1 aromatic carbocycles. The molecule has 1 fully saturated rings. The van der Waals surface area contributed by atoms with E-state index in [1.165, 1.54) is 12.1 Å². The Morgan fingerprint density at radius 1 is 1.07 bits per heavy atom. The van der Waals surface area contributed by atoms with E-state index < -0.39 is 17.6 Å². The molecule has 3 nitrogen and oxygen atoms in total. The molecule has 0 atom stereocenters. The van der Waals surface area contributed by atoms with Crippen LogP contribution in [0.15, 0.2) is 24.8 Å². The molecule has 1 aliphatic carbocycles. The molecule has 0 bridgehead atoms. The summed E-state index contributed by atoms with van der Waals surface area (Å²) in [6.45, 7) is 6.17. The van der Waals surface area contributed by atoms with Gasteiger partial charge in [0, 0.05) is 6.08 Å². The Hall–Kier alpha value is -1.91. The zero-order valence-corrected chi connectivity index (χ0v) is 16.1. The summed E-state index contributed by atoms with van der Waals surface area (Å²) in [5.74, 6) is -0.972. The molecule has 0 aliphatic heterocycles. The van der Waals surface area contributed by atoms with Crippen LogP contribution in [0.4, 0.5) is 8.78 Å². The van der Waals surface area contributed by atoms with Crippen molar-refractivity contribution in [1.29, 1.82) is 0 Å². The van der Waals surface area contributed by atoms with Crippen LogP contribution >= 0.6 is 0 Å². The molecule has 0 radical (unpaired) electrons. The number of carbonyl (C=O) groups excluding carboxylic acids is 1. The molecule has 0 N–H and O–H groups in total. The predicted molar refractivity (Wildman–Crippen MR) is 102 cm³/mol. The predicted octanol–water partition coefficient (Wildman–Crippen LogP) is 5.93. The van der Waals surface area contributed by atoms with Gasteiger partial charge < -0.3 is 9.47 Å². The Morgan fingerprint density at radius 3 is 2.26 bits per heavy atom. The Morgan fingerprint density at radius 2 is 1.67 bits per heavy atom.